The van der Waals surface area contributed by atoms with E-state index in [9.17, 15) is 0 Å². The van der Waals surface area contributed by atoms with Gasteiger partial charge in [0, 0.05) is 91.0 Å². The number of rotatable bonds is 8. The van der Waals surface area contributed by atoms with Gasteiger partial charge >= 0.3 is 0 Å². The van der Waals surface area contributed by atoms with Crippen molar-refractivity contribution in [3.05, 3.63) is 243 Å². The Hall–Kier alpha value is -8.77. The van der Waals surface area contributed by atoms with Crippen LogP contribution in [0.4, 0.5) is 0 Å². The Morgan fingerprint density at radius 2 is 1.15 bits per heavy atom. The maximum atomic E-state index is 6.85. The number of aromatic nitrogens is 6. The average Bonchev–Trinajstić information content (AvgIpc) is 4.42. The molecule has 75 heavy (non-hydrogen) atoms. The maximum absolute atomic E-state index is 6.85. The molecule has 0 saturated carbocycles. The van der Waals surface area contributed by atoms with E-state index in [1.165, 1.54) is 21.9 Å². The van der Waals surface area contributed by atoms with Gasteiger partial charge in [0.1, 0.15) is 5.82 Å². The number of pyridine rings is 1. The molecule has 9 aromatic carbocycles. The van der Waals surface area contributed by atoms with Crippen molar-refractivity contribution in [3.8, 4) is 56.6 Å². The standard InChI is InChI=1S/C67H48N6O.Pt/c1-67(2,3)46-36-37-68-59(40-46)73-58-42-50(74-49-27-18-26-48(41-49)70-38-39-71(43-70)63-51(44-20-8-5-9-21-44)30-19-31-52(63)45-22-10-6-11-23-45)34-35-55(58)60-61-53-28-14-16-32-56(53)69(4)65(61)66-62(64(60)73)54-29-15-17-33-57(54)72(66)47-24-12-7-13-25-47;/h5-40H,1-4H3;/q-2;. The molecule has 14 aromatic rings. The summed E-state index contributed by atoms with van der Waals surface area (Å²) in [5.74, 6) is 1.94. The topological polar surface area (TPSA) is 45.7 Å². The van der Waals surface area contributed by atoms with E-state index in [4.69, 9.17) is 9.72 Å². The molecule has 0 bridgehead atoms. The molecule has 0 saturated heterocycles. The summed E-state index contributed by atoms with van der Waals surface area (Å²) in [4.78, 5) is 5.20. The van der Waals surface area contributed by atoms with Gasteiger partial charge in [0.15, 0.2) is 0 Å². The first-order chi connectivity index (χ1) is 36.3. The zero-order valence-electron chi connectivity index (χ0n) is 41.7. The summed E-state index contributed by atoms with van der Waals surface area (Å²) in [6, 6.07) is 77.9. The molecule has 0 unspecified atom stereocenters. The SMILES string of the molecule is Cn1c2ccccc2c2c3c4ccc(Oc5[c-]c(-[n+]6[c-]n(-c7c(-c8ccccc8)cccc7-c7ccccc7)cc6)ccc5)[c-]c4n(-c4cc(C(C)(C)C)ccn4)c3c3c4ccccc4n(-c4ccccc4)c3c21.[Pt]. The largest absolute Gasteiger partial charge is 0.510 e. The Bertz CT molecular complexity index is 4440. The van der Waals surface area contributed by atoms with E-state index in [2.05, 4.69) is 247 Å². The smallest absolute Gasteiger partial charge is 0.267 e. The third-order valence-corrected chi connectivity index (χ3v) is 14.7. The molecule has 0 N–H and O–H groups in total. The van der Waals surface area contributed by atoms with E-state index >= 15 is 0 Å². The number of aryl methyl sites for hydroxylation is 1. The summed E-state index contributed by atoms with van der Waals surface area (Å²) in [5.41, 5.74) is 15.0. The summed E-state index contributed by atoms with van der Waals surface area (Å²) in [7, 11) is 2.20. The number of ether oxygens (including phenoxy) is 1. The second kappa shape index (κ2) is 18.0. The van der Waals surface area contributed by atoms with Gasteiger partial charge in [0.2, 0.25) is 0 Å². The van der Waals surface area contributed by atoms with Crippen LogP contribution in [-0.2, 0) is 33.5 Å². The number of hydrogen-bond acceptors (Lipinski definition) is 2. The Labute approximate surface area is 449 Å². The van der Waals surface area contributed by atoms with Gasteiger partial charge in [-0.25, -0.2) is 4.98 Å². The van der Waals surface area contributed by atoms with Crippen LogP contribution in [-0.4, -0.2) is 23.3 Å². The molecule has 5 heterocycles. The number of fused-ring (bicyclic) bond motifs is 12. The van der Waals surface area contributed by atoms with Crippen molar-refractivity contribution in [1.82, 2.24) is 23.3 Å². The van der Waals surface area contributed by atoms with Crippen LogP contribution in [0, 0.1) is 18.5 Å². The summed E-state index contributed by atoms with van der Waals surface area (Å²) >= 11 is 0. The quantitative estimate of drug-likeness (QED) is 0.112. The normalized spacial score (nSPS) is 11.9. The van der Waals surface area contributed by atoms with Crippen molar-refractivity contribution in [3.63, 3.8) is 0 Å². The minimum Gasteiger partial charge on any atom is -0.510 e. The van der Waals surface area contributed by atoms with Gasteiger partial charge in [0.05, 0.1) is 27.8 Å². The molecule has 5 aromatic heterocycles. The van der Waals surface area contributed by atoms with E-state index in [1.54, 1.807) is 0 Å². The zero-order chi connectivity index (χ0) is 49.7. The van der Waals surface area contributed by atoms with Gasteiger partial charge in [-0.05, 0) is 80.7 Å². The van der Waals surface area contributed by atoms with Crippen LogP contribution in [0.1, 0.15) is 26.3 Å². The second-order valence-electron chi connectivity index (χ2n) is 20.1. The van der Waals surface area contributed by atoms with Crippen molar-refractivity contribution in [1.29, 1.82) is 0 Å². The maximum Gasteiger partial charge on any atom is 0.267 e. The van der Waals surface area contributed by atoms with Crippen molar-refractivity contribution >= 4 is 65.4 Å². The molecule has 14 rings (SSSR count). The van der Waals surface area contributed by atoms with Crippen molar-refractivity contribution in [2.45, 2.75) is 26.2 Å². The predicted molar refractivity (Wildman–Crippen MR) is 300 cm³/mol. The summed E-state index contributed by atoms with van der Waals surface area (Å²) in [6.07, 6.45) is 9.65. The molecule has 364 valence electrons. The monoisotopic (exact) mass is 1150 g/mol. The number of para-hydroxylation sites is 4. The van der Waals surface area contributed by atoms with Crippen molar-refractivity contribution in [2.24, 2.45) is 7.05 Å². The van der Waals surface area contributed by atoms with Crippen molar-refractivity contribution in [2.75, 3.05) is 0 Å². The Morgan fingerprint density at radius 1 is 0.533 bits per heavy atom. The number of nitrogens with zero attached hydrogens (tertiary/aromatic N) is 6. The molecular weight excluding hydrogens is 1100 g/mol. The number of benzene rings is 9. The molecule has 7 nitrogen and oxygen atoms in total. The predicted octanol–water partition coefficient (Wildman–Crippen LogP) is 15.8. The number of hydrogen-bond donors (Lipinski definition) is 0. The molecule has 0 atom stereocenters. The zero-order valence-corrected chi connectivity index (χ0v) is 44.0. The first kappa shape index (κ1) is 46.0. The van der Waals surface area contributed by atoms with E-state index in [0.717, 1.165) is 94.3 Å². The van der Waals surface area contributed by atoms with E-state index in [0.29, 0.717) is 11.5 Å². The molecule has 0 aliphatic rings. The van der Waals surface area contributed by atoms with Crippen LogP contribution >= 0.6 is 0 Å². The Balaban J connectivity index is 0.00000541. The average molecular weight is 1150 g/mol. The van der Waals surface area contributed by atoms with E-state index in [1.807, 2.05) is 41.2 Å². The van der Waals surface area contributed by atoms with Gasteiger partial charge in [-0.15, -0.1) is 29.7 Å². The van der Waals surface area contributed by atoms with Crippen LogP contribution in [0.5, 0.6) is 11.5 Å². The van der Waals surface area contributed by atoms with Gasteiger partial charge in [-0.1, -0.05) is 160 Å². The summed E-state index contributed by atoms with van der Waals surface area (Å²) < 4.78 is 18.1. The fraction of sp³-hybridized carbons (Fsp3) is 0.0746. The van der Waals surface area contributed by atoms with Crippen LogP contribution in [0.3, 0.4) is 0 Å². The first-order valence-corrected chi connectivity index (χ1v) is 25.1. The summed E-state index contributed by atoms with van der Waals surface area (Å²) in [6.45, 7) is 6.76. The van der Waals surface area contributed by atoms with Crippen LogP contribution in [0.25, 0.3) is 111 Å². The van der Waals surface area contributed by atoms with Gasteiger partial charge in [-0.3, -0.25) is 4.57 Å². The number of imidazole rings is 1. The molecule has 0 aliphatic carbocycles. The van der Waals surface area contributed by atoms with Gasteiger partial charge in [-0.2, -0.15) is 18.2 Å². The molecule has 0 amide bonds. The molecule has 0 radical (unpaired) electrons. The molecule has 0 fully saturated rings. The van der Waals surface area contributed by atoms with Crippen LogP contribution in [0.2, 0.25) is 0 Å². The van der Waals surface area contributed by atoms with Crippen molar-refractivity contribution < 1.29 is 30.4 Å². The Morgan fingerprint density at radius 3 is 1.85 bits per heavy atom. The fourth-order valence-electron chi connectivity index (χ4n) is 11.3. The third-order valence-electron chi connectivity index (χ3n) is 14.7. The van der Waals surface area contributed by atoms with Crippen LogP contribution in [0.15, 0.2) is 219 Å². The molecule has 0 aliphatic heterocycles. The van der Waals surface area contributed by atoms with E-state index in [-0.39, 0.29) is 26.5 Å². The first-order valence-electron chi connectivity index (χ1n) is 25.1. The van der Waals surface area contributed by atoms with E-state index < -0.39 is 0 Å². The molecule has 8 heteroatoms. The van der Waals surface area contributed by atoms with Crippen LogP contribution < -0.4 is 9.30 Å². The van der Waals surface area contributed by atoms with Gasteiger partial charge in [0.25, 0.3) is 6.33 Å². The minimum absolute atomic E-state index is 0. The Kier molecular flexibility index (Phi) is 11.1. The fourth-order valence-corrected chi connectivity index (χ4v) is 11.3. The van der Waals surface area contributed by atoms with Gasteiger partial charge < -0.3 is 23.0 Å². The minimum atomic E-state index is -0.122. The molecule has 0 spiro atoms. The third kappa shape index (κ3) is 7.44. The second-order valence-corrected chi connectivity index (χ2v) is 20.1. The summed E-state index contributed by atoms with van der Waals surface area (Å²) in [5, 5.41) is 6.89. The molecular formula is C67H48N6OPt-2.